The van der Waals surface area contributed by atoms with Crippen molar-refractivity contribution in [3.05, 3.63) is 18.3 Å². The standard InChI is InChI=1S/C16H26N2O3/c1-4-19-16-13(6-5-7-18-16)21-14(10-12(2)3)15-11-17-8-9-20-15/h5-7,12,14-15,17H,4,8-11H2,1-3H3. The lowest BCUT2D eigenvalue weighted by Gasteiger charge is -2.32. The third-order valence-corrected chi connectivity index (χ3v) is 3.37. The minimum Gasteiger partial charge on any atom is -0.482 e. The molecule has 5 heteroatoms. The monoisotopic (exact) mass is 294 g/mol. The summed E-state index contributed by atoms with van der Waals surface area (Å²) in [5, 5.41) is 3.36. The van der Waals surface area contributed by atoms with Crippen LogP contribution in [0.1, 0.15) is 27.2 Å². The van der Waals surface area contributed by atoms with Crippen molar-refractivity contribution in [1.82, 2.24) is 10.3 Å². The van der Waals surface area contributed by atoms with Crippen LogP contribution in [0, 0.1) is 5.92 Å². The Kier molecular flexibility index (Phi) is 6.26. The van der Waals surface area contributed by atoms with Gasteiger partial charge in [-0.1, -0.05) is 13.8 Å². The van der Waals surface area contributed by atoms with Crippen LogP contribution in [-0.2, 0) is 4.74 Å². The first-order chi connectivity index (χ1) is 10.2. The third-order valence-electron chi connectivity index (χ3n) is 3.37. The van der Waals surface area contributed by atoms with Crippen LogP contribution in [0.5, 0.6) is 11.6 Å². The van der Waals surface area contributed by atoms with E-state index in [1.54, 1.807) is 6.20 Å². The predicted molar refractivity (Wildman–Crippen MR) is 81.9 cm³/mol. The summed E-state index contributed by atoms with van der Waals surface area (Å²) in [6.45, 7) is 9.36. The van der Waals surface area contributed by atoms with E-state index < -0.39 is 0 Å². The fraction of sp³-hybridized carbons (Fsp3) is 0.688. The minimum atomic E-state index is 0.00112. The smallest absolute Gasteiger partial charge is 0.256 e. The Labute approximate surface area is 127 Å². The maximum absolute atomic E-state index is 6.20. The van der Waals surface area contributed by atoms with E-state index in [0.29, 0.717) is 24.2 Å². The van der Waals surface area contributed by atoms with Gasteiger partial charge in [0.15, 0.2) is 5.75 Å². The number of nitrogens with one attached hydrogen (secondary N) is 1. The molecule has 1 aliphatic rings. The van der Waals surface area contributed by atoms with Crippen LogP contribution in [0.3, 0.4) is 0 Å². The fourth-order valence-corrected chi connectivity index (χ4v) is 2.44. The third kappa shape index (κ3) is 4.86. The fourth-order valence-electron chi connectivity index (χ4n) is 2.44. The molecule has 0 aromatic carbocycles. The van der Waals surface area contributed by atoms with Crippen molar-refractivity contribution in [3.8, 4) is 11.6 Å². The lowest BCUT2D eigenvalue weighted by atomic mass is 10.0. The molecule has 1 saturated heterocycles. The van der Waals surface area contributed by atoms with Crippen molar-refractivity contribution in [2.24, 2.45) is 5.92 Å². The summed E-state index contributed by atoms with van der Waals surface area (Å²) in [4.78, 5) is 4.24. The van der Waals surface area contributed by atoms with Crippen molar-refractivity contribution in [2.75, 3.05) is 26.3 Å². The molecular formula is C16H26N2O3. The van der Waals surface area contributed by atoms with Crippen LogP contribution in [0.2, 0.25) is 0 Å². The highest BCUT2D eigenvalue weighted by atomic mass is 16.6. The second-order valence-corrected chi connectivity index (χ2v) is 5.64. The number of hydrogen-bond acceptors (Lipinski definition) is 5. The number of pyridine rings is 1. The first-order valence-corrected chi connectivity index (χ1v) is 7.77. The average molecular weight is 294 g/mol. The molecule has 0 saturated carbocycles. The van der Waals surface area contributed by atoms with Gasteiger partial charge < -0.3 is 19.5 Å². The van der Waals surface area contributed by atoms with Crippen molar-refractivity contribution < 1.29 is 14.2 Å². The van der Waals surface area contributed by atoms with Crippen LogP contribution in [0.4, 0.5) is 0 Å². The van der Waals surface area contributed by atoms with Crippen molar-refractivity contribution in [1.29, 1.82) is 0 Å². The van der Waals surface area contributed by atoms with Crippen LogP contribution >= 0.6 is 0 Å². The molecule has 1 aromatic rings. The van der Waals surface area contributed by atoms with Gasteiger partial charge >= 0.3 is 0 Å². The summed E-state index contributed by atoms with van der Waals surface area (Å²) in [6, 6.07) is 3.77. The Morgan fingerprint density at radius 2 is 2.33 bits per heavy atom. The first-order valence-electron chi connectivity index (χ1n) is 7.77. The maximum Gasteiger partial charge on any atom is 0.256 e. The zero-order valence-electron chi connectivity index (χ0n) is 13.2. The van der Waals surface area contributed by atoms with E-state index in [2.05, 4.69) is 24.1 Å². The summed E-state index contributed by atoms with van der Waals surface area (Å²) in [7, 11) is 0. The molecule has 0 bridgehead atoms. The Hall–Kier alpha value is -1.33. The highest BCUT2D eigenvalue weighted by molar-refractivity contribution is 5.32. The van der Waals surface area contributed by atoms with E-state index in [1.807, 2.05) is 19.1 Å². The predicted octanol–water partition coefficient (Wildman–Crippen LogP) is 2.26. The van der Waals surface area contributed by atoms with Gasteiger partial charge in [0.25, 0.3) is 5.88 Å². The van der Waals surface area contributed by atoms with Crippen LogP contribution in [0.25, 0.3) is 0 Å². The van der Waals surface area contributed by atoms with Gasteiger partial charge in [0.1, 0.15) is 12.2 Å². The van der Waals surface area contributed by atoms with Crippen LogP contribution in [-0.4, -0.2) is 43.5 Å². The number of nitrogens with zero attached hydrogens (tertiary/aromatic N) is 1. The van der Waals surface area contributed by atoms with E-state index in [0.717, 1.165) is 26.1 Å². The number of rotatable bonds is 7. The SMILES string of the molecule is CCOc1ncccc1OC(CC(C)C)C1CNCCO1. The number of aromatic nitrogens is 1. The van der Waals surface area contributed by atoms with E-state index in [-0.39, 0.29) is 12.2 Å². The summed E-state index contributed by atoms with van der Waals surface area (Å²) >= 11 is 0. The maximum atomic E-state index is 6.20. The Morgan fingerprint density at radius 1 is 1.48 bits per heavy atom. The second kappa shape index (κ2) is 8.20. The number of hydrogen-bond donors (Lipinski definition) is 1. The van der Waals surface area contributed by atoms with Crippen LogP contribution in [0.15, 0.2) is 18.3 Å². The van der Waals surface area contributed by atoms with Crippen molar-refractivity contribution in [3.63, 3.8) is 0 Å². The first kappa shape index (κ1) is 16.0. The molecule has 21 heavy (non-hydrogen) atoms. The van der Waals surface area contributed by atoms with Gasteiger partial charge in [-0.05, 0) is 31.4 Å². The second-order valence-electron chi connectivity index (χ2n) is 5.64. The van der Waals surface area contributed by atoms with Gasteiger partial charge in [-0.2, -0.15) is 0 Å². The molecule has 2 atom stereocenters. The van der Waals surface area contributed by atoms with Crippen molar-refractivity contribution in [2.45, 2.75) is 39.4 Å². The largest absolute Gasteiger partial charge is 0.482 e. The molecule has 0 amide bonds. The van der Waals surface area contributed by atoms with Gasteiger partial charge in [-0.15, -0.1) is 0 Å². The normalized spacial score (nSPS) is 20.3. The lowest BCUT2D eigenvalue weighted by molar-refractivity contribution is -0.0489. The number of morpholine rings is 1. The summed E-state index contributed by atoms with van der Waals surface area (Å²) in [6.07, 6.45) is 2.72. The van der Waals surface area contributed by atoms with E-state index in [1.165, 1.54) is 0 Å². The average Bonchev–Trinajstić information content (AvgIpc) is 2.49. The van der Waals surface area contributed by atoms with Gasteiger partial charge in [0.2, 0.25) is 0 Å². The topological polar surface area (TPSA) is 52.6 Å². The van der Waals surface area contributed by atoms with E-state index in [4.69, 9.17) is 14.2 Å². The summed E-state index contributed by atoms with van der Waals surface area (Å²) < 4.78 is 17.6. The molecule has 0 spiro atoms. The number of ether oxygens (including phenoxy) is 3. The highest BCUT2D eigenvalue weighted by Crippen LogP contribution is 2.27. The molecule has 2 rings (SSSR count). The quantitative estimate of drug-likeness (QED) is 0.836. The Morgan fingerprint density at radius 3 is 3.00 bits per heavy atom. The zero-order valence-corrected chi connectivity index (χ0v) is 13.2. The molecule has 2 heterocycles. The molecule has 1 aliphatic heterocycles. The zero-order chi connectivity index (χ0) is 15.1. The van der Waals surface area contributed by atoms with E-state index in [9.17, 15) is 0 Å². The Bertz CT molecular complexity index is 420. The van der Waals surface area contributed by atoms with Gasteiger partial charge in [0, 0.05) is 19.3 Å². The minimum absolute atomic E-state index is 0.00112. The van der Waals surface area contributed by atoms with E-state index >= 15 is 0 Å². The van der Waals surface area contributed by atoms with Crippen LogP contribution < -0.4 is 14.8 Å². The molecule has 5 nitrogen and oxygen atoms in total. The molecule has 1 N–H and O–H groups in total. The Balaban J connectivity index is 2.10. The molecular weight excluding hydrogens is 268 g/mol. The molecule has 0 aliphatic carbocycles. The molecule has 2 unspecified atom stereocenters. The van der Waals surface area contributed by atoms with Gasteiger partial charge in [-0.25, -0.2) is 4.98 Å². The molecule has 1 fully saturated rings. The summed E-state index contributed by atoms with van der Waals surface area (Å²) in [5.41, 5.74) is 0. The molecule has 118 valence electrons. The van der Waals surface area contributed by atoms with Gasteiger partial charge in [-0.3, -0.25) is 0 Å². The molecule has 0 radical (unpaired) electrons. The highest BCUT2D eigenvalue weighted by Gasteiger charge is 2.28. The summed E-state index contributed by atoms with van der Waals surface area (Å²) in [5.74, 6) is 1.78. The van der Waals surface area contributed by atoms with Gasteiger partial charge in [0.05, 0.1) is 13.2 Å². The van der Waals surface area contributed by atoms with Crippen molar-refractivity contribution >= 4 is 0 Å². The lowest BCUT2D eigenvalue weighted by Crippen LogP contribution is -2.47. The molecule has 1 aromatic heterocycles.